The maximum absolute atomic E-state index is 12.6. The number of fused-ring (bicyclic) bond motifs is 1. The van der Waals surface area contributed by atoms with Crippen LogP contribution in [0.1, 0.15) is 24.5 Å². The van der Waals surface area contributed by atoms with Crippen molar-refractivity contribution in [2.45, 2.75) is 42.1 Å². The second kappa shape index (κ2) is 5.13. The van der Waals surface area contributed by atoms with Crippen molar-refractivity contribution in [2.75, 3.05) is 7.05 Å². The average molecular weight is 275 g/mol. The molecule has 0 aliphatic carbocycles. The smallest absolute Gasteiger partial charge is 0.317 e. The van der Waals surface area contributed by atoms with Crippen LogP contribution in [0.4, 0.5) is 13.2 Å². The van der Waals surface area contributed by atoms with Gasteiger partial charge >= 0.3 is 6.18 Å². The van der Waals surface area contributed by atoms with Crippen LogP contribution in [0.2, 0.25) is 0 Å². The summed E-state index contributed by atoms with van der Waals surface area (Å²) in [6, 6.07) is 4.47. The monoisotopic (exact) mass is 275 g/mol. The molecule has 1 aliphatic heterocycles. The van der Waals surface area contributed by atoms with E-state index in [1.165, 1.54) is 12.1 Å². The van der Waals surface area contributed by atoms with E-state index in [4.69, 9.17) is 0 Å². The molecule has 2 unspecified atom stereocenters. The van der Waals surface area contributed by atoms with Gasteiger partial charge in [0.15, 0.2) is 0 Å². The Morgan fingerprint density at radius 3 is 2.78 bits per heavy atom. The standard InChI is InChI=1S/C13H16F3NS/c1-8(17-2)5-11-7-9-6-10(13(14,15)16)3-4-12(9)18-11/h3-4,6,8,11,17H,5,7H2,1-2H3. The highest BCUT2D eigenvalue weighted by Crippen LogP contribution is 2.41. The van der Waals surface area contributed by atoms with E-state index >= 15 is 0 Å². The zero-order valence-corrected chi connectivity index (χ0v) is 11.2. The van der Waals surface area contributed by atoms with Crippen LogP contribution in [-0.2, 0) is 12.6 Å². The normalized spacial score (nSPS) is 20.8. The molecule has 2 atom stereocenters. The Hall–Kier alpha value is -0.680. The summed E-state index contributed by atoms with van der Waals surface area (Å²) in [6.45, 7) is 2.09. The fourth-order valence-corrected chi connectivity index (χ4v) is 3.59. The number of alkyl halides is 3. The molecule has 1 N–H and O–H groups in total. The van der Waals surface area contributed by atoms with Crippen molar-refractivity contribution < 1.29 is 13.2 Å². The van der Waals surface area contributed by atoms with Gasteiger partial charge in [-0.25, -0.2) is 0 Å². The van der Waals surface area contributed by atoms with E-state index in [9.17, 15) is 13.2 Å². The third-order valence-electron chi connectivity index (χ3n) is 3.24. The van der Waals surface area contributed by atoms with E-state index < -0.39 is 11.7 Å². The van der Waals surface area contributed by atoms with Crippen LogP contribution >= 0.6 is 11.8 Å². The lowest BCUT2D eigenvalue weighted by atomic mass is 10.0. The van der Waals surface area contributed by atoms with Gasteiger partial charge in [-0.1, -0.05) is 0 Å². The van der Waals surface area contributed by atoms with Crippen LogP contribution in [0.3, 0.4) is 0 Å². The predicted octanol–water partition coefficient (Wildman–Crippen LogP) is 3.72. The van der Waals surface area contributed by atoms with E-state index in [1.54, 1.807) is 17.8 Å². The molecule has 0 fully saturated rings. The summed E-state index contributed by atoms with van der Waals surface area (Å²) in [5.41, 5.74) is 0.298. The Morgan fingerprint density at radius 1 is 1.44 bits per heavy atom. The highest BCUT2D eigenvalue weighted by molar-refractivity contribution is 8.00. The molecule has 1 heterocycles. The number of nitrogens with one attached hydrogen (secondary N) is 1. The Kier molecular flexibility index (Phi) is 3.92. The molecule has 18 heavy (non-hydrogen) atoms. The summed E-state index contributed by atoms with van der Waals surface area (Å²) in [4.78, 5) is 0.997. The van der Waals surface area contributed by atoms with E-state index in [0.717, 1.165) is 23.3 Å². The van der Waals surface area contributed by atoms with Crippen molar-refractivity contribution in [1.82, 2.24) is 5.32 Å². The van der Waals surface area contributed by atoms with E-state index in [1.807, 2.05) is 7.05 Å². The van der Waals surface area contributed by atoms with Crippen molar-refractivity contribution in [3.63, 3.8) is 0 Å². The number of thioether (sulfide) groups is 1. The molecule has 0 amide bonds. The van der Waals surface area contributed by atoms with Crippen LogP contribution in [0.25, 0.3) is 0 Å². The van der Waals surface area contributed by atoms with Crippen molar-refractivity contribution in [1.29, 1.82) is 0 Å². The lowest BCUT2D eigenvalue weighted by Gasteiger charge is -2.14. The molecule has 2 rings (SSSR count). The maximum atomic E-state index is 12.6. The Labute approximate surface area is 109 Å². The first-order valence-electron chi connectivity index (χ1n) is 5.94. The van der Waals surface area contributed by atoms with Crippen LogP contribution in [-0.4, -0.2) is 18.3 Å². The molecule has 1 aliphatic rings. The second-order valence-corrected chi connectivity index (χ2v) is 6.03. The number of benzene rings is 1. The van der Waals surface area contributed by atoms with Gasteiger partial charge in [0.2, 0.25) is 0 Å². The first-order chi connectivity index (χ1) is 8.40. The lowest BCUT2D eigenvalue weighted by molar-refractivity contribution is -0.137. The minimum Gasteiger partial charge on any atom is -0.317 e. The Balaban J connectivity index is 2.11. The van der Waals surface area contributed by atoms with Gasteiger partial charge < -0.3 is 5.32 Å². The molecule has 0 saturated carbocycles. The molecule has 0 aromatic heterocycles. The molecular formula is C13H16F3NS. The summed E-state index contributed by atoms with van der Waals surface area (Å²) in [6.07, 6.45) is -2.54. The van der Waals surface area contributed by atoms with Gasteiger partial charge in [-0.2, -0.15) is 13.2 Å². The van der Waals surface area contributed by atoms with Gasteiger partial charge in [-0.05, 0) is 50.6 Å². The summed E-state index contributed by atoms with van der Waals surface area (Å²) >= 11 is 1.69. The molecule has 0 saturated heterocycles. The van der Waals surface area contributed by atoms with Crippen LogP contribution in [0, 0.1) is 0 Å². The third-order valence-corrected chi connectivity index (χ3v) is 4.58. The fourth-order valence-electron chi connectivity index (χ4n) is 2.14. The Morgan fingerprint density at radius 2 is 2.17 bits per heavy atom. The van der Waals surface area contributed by atoms with Crippen molar-refractivity contribution in [3.8, 4) is 0 Å². The highest BCUT2D eigenvalue weighted by atomic mass is 32.2. The molecule has 0 radical (unpaired) electrons. The number of hydrogen-bond acceptors (Lipinski definition) is 2. The van der Waals surface area contributed by atoms with Gasteiger partial charge in [0.05, 0.1) is 5.56 Å². The van der Waals surface area contributed by atoms with E-state index in [-0.39, 0.29) is 0 Å². The van der Waals surface area contributed by atoms with Crippen LogP contribution in [0.15, 0.2) is 23.1 Å². The number of rotatable bonds is 3. The summed E-state index contributed by atoms with van der Waals surface area (Å²) in [7, 11) is 1.90. The van der Waals surface area contributed by atoms with Crippen molar-refractivity contribution >= 4 is 11.8 Å². The molecule has 1 aromatic rings. The average Bonchev–Trinajstić information content (AvgIpc) is 2.68. The largest absolute Gasteiger partial charge is 0.416 e. The third kappa shape index (κ3) is 3.01. The minimum atomic E-state index is -4.24. The van der Waals surface area contributed by atoms with E-state index in [2.05, 4.69) is 12.2 Å². The van der Waals surface area contributed by atoms with Gasteiger partial charge in [0.25, 0.3) is 0 Å². The summed E-state index contributed by atoms with van der Waals surface area (Å²) in [5.74, 6) is 0. The maximum Gasteiger partial charge on any atom is 0.416 e. The second-order valence-electron chi connectivity index (χ2n) is 4.69. The van der Waals surface area contributed by atoms with Crippen molar-refractivity contribution in [2.24, 2.45) is 0 Å². The molecule has 5 heteroatoms. The minimum absolute atomic E-state index is 0.380. The first kappa shape index (κ1) is 13.7. The van der Waals surface area contributed by atoms with Crippen LogP contribution < -0.4 is 5.32 Å². The molecular weight excluding hydrogens is 259 g/mol. The van der Waals surface area contributed by atoms with E-state index in [0.29, 0.717) is 11.3 Å². The van der Waals surface area contributed by atoms with Gasteiger partial charge in [-0.15, -0.1) is 11.8 Å². The van der Waals surface area contributed by atoms with Gasteiger partial charge in [0, 0.05) is 16.2 Å². The predicted molar refractivity (Wildman–Crippen MR) is 67.9 cm³/mol. The SMILES string of the molecule is CNC(C)CC1Cc2cc(C(F)(F)F)ccc2S1. The molecule has 1 nitrogen and oxygen atoms in total. The van der Waals surface area contributed by atoms with Gasteiger partial charge in [0.1, 0.15) is 0 Å². The Bertz CT molecular complexity index is 431. The molecule has 0 spiro atoms. The zero-order chi connectivity index (χ0) is 13.3. The first-order valence-corrected chi connectivity index (χ1v) is 6.82. The number of hydrogen-bond donors (Lipinski definition) is 1. The molecule has 1 aromatic carbocycles. The van der Waals surface area contributed by atoms with Crippen molar-refractivity contribution in [3.05, 3.63) is 29.3 Å². The fraction of sp³-hybridized carbons (Fsp3) is 0.538. The lowest BCUT2D eigenvalue weighted by Crippen LogP contribution is -2.25. The number of halogens is 3. The molecule has 100 valence electrons. The quantitative estimate of drug-likeness (QED) is 0.902. The zero-order valence-electron chi connectivity index (χ0n) is 10.3. The summed E-state index contributed by atoms with van der Waals surface area (Å²) in [5, 5.41) is 3.54. The highest BCUT2D eigenvalue weighted by Gasteiger charge is 2.33. The topological polar surface area (TPSA) is 12.0 Å². The van der Waals surface area contributed by atoms with Crippen LogP contribution in [0.5, 0.6) is 0 Å². The molecule has 0 bridgehead atoms. The van der Waals surface area contributed by atoms with Gasteiger partial charge in [-0.3, -0.25) is 0 Å². The summed E-state index contributed by atoms with van der Waals surface area (Å²) < 4.78 is 37.8.